The molecule has 0 aliphatic heterocycles. The zero-order valence-corrected chi connectivity index (χ0v) is 11.9. The minimum absolute atomic E-state index is 0.113. The molecule has 0 atom stereocenters. The number of ketones is 1. The zero-order chi connectivity index (χ0) is 17.0. The Balaban J connectivity index is 2.20. The molecule has 0 aromatic heterocycles. The number of aliphatic carboxylic acids is 1. The molecule has 23 heavy (non-hydrogen) atoms. The molecule has 120 valence electrons. The van der Waals surface area contributed by atoms with Crippen molar-refractivity contribution in [1.29, 1.82) is 0 Å². The maximum absolute atomic E-state index is 12.7. The second kappa shape index (κ2) is 6.64. The molecule has 3 nitrogen and oxygen atoms in total. The van der Waals surface area contributed by atoms with Gasteiger partial charge in [0.05, 0.1) is 12.0 Å². The molecule has 0 unspecified atom stereocenters. The molecular weight excluding hydrogens is 309 g/mol. The molecule has 0 fully saturated rings. The topological polar surface area (TPSA) is 54.4 Å². The van der Waals surface area contributed by atoms with E-state index in [0.29, 0.717) is 16.7 Å². The summed E-state index contributed by atoms with van der Waals surface area (Å²) in [5.74, 6) is -1.37. The minimum Gasteiger partial charge on any atom is -0.481 e. The number of carbonyl (C=O) groups is 2. The standard InChI is InChI=1S/C17H13F3O3/c18-17(19,20)14-3-1-2-13(10-14)11-4-6-12(7-5-11)15(21)8-9-16(22)23/h1-7,10H,8-9H2,(H,22,23). The Labute approximate surface area is 130 Å². The van der Waals surface area contributed by atoms with Gasteiger partial charge in [0.25, 0.3) is 0 Å². The summed E-state index contributed by atoms with van der Waals surface area (Å²) < 4.78 is 38.1. The number of halogens is 3. The van der Waals surface area contributed by atoms with Gasteiger partial charge in [-0.1, -0.05) is 36.4 Å². The van der Waals surface area contributed by atoms with Crippen LogP contribution in [0.5, 0.6) is 0 Å². The summed E-state index contributed by atoms with van der Waals surface area (Å²) in [5, 5.41) is 8.55. The van der Waals surface area contributed by atoms with Crippen LogP contribution in [0, 0.1) is 0 Å². The van der Waals surface area contributed by atoms with E-state index in [2.05, 4.69) is 0 Å². The van der Waals surface area contributed by atoms with Gasteiger partial charge >= 0.3 is 12.1 Å². The molecule has 0 aliphatic rings. The summed E-state index contributed by atoms with van der Waals surface area (Å²) in [6, 6.07) is 11.0. The molecule has 0 spiro atoms. The highest BCUT2D eigenvalue weighted by Crippen LogP contribution is 2.32. The number of carboxylic acid groups (broad SMARTS) is 1. The zero-order valence-electron chi connectivity index (χ0n) is 11.9. The van der Waals surface area contributed by atoms with Crippen LogP contribution in [0.25, 0.3) is 11.1 Å². The molecule has 0 saturated heterocycles. The number of rotatable bonds is 5. The third-order valence-corrected chi connectivity index (χ3v) is 3.30. The van der Waals surface area contributed by atoms with Crippen molar-refractivity contribution in [2.75, 3.05) is 0 Å². The SMILES string of the molecule is O=C(O)CCC(=O)c1ccc(-c2cccc(C(F)(F)F)c2)cc1. The molecule has 0 amide bonds. The number of hydrogen-bond acceptors (Lipinski definition) is 2. The Morgan fingerprint density at radius 3 is 2.13 bits per heavy atom. The van der Waals surface area contributed by atoms with Crippen molar-refractivity contribution in [1.82, 2.24) is 0 Å². The molecule has 0 heterocycles. The fourth-order valence-corrected chi connectivity index (χ4v) is 2.09. The van der Waals surface area contributed by atoms with Gasteiger partial charge < -0.3 is 5.11 Å². The van der Waals surface area contributed by atoms with E-state index < -0.39 is 17.7 Å². The largest absolute Gasteiger partial charge is 0.481 e. The Bertz CT molecular complexity index is 719. The van der Waals surface area contributed by atoms with Crippen LogP contribution in [0.15, 0.2) is 48.5 Å². The van der Waals surface area contributed by atoms with Gasteiger partial charge in [0.1, 0.15) is 0 Å². The first kappa shape index (κ1) is 16.7. The van der Waals surface area contributed by atoms with Gasteiger partial charge in [0.2, 0.25) is 0 Å². The Morgan fingerprint density at radius 1 is 0.913 bits per heavy atom. The molecule has 0 bridgehead atoms. The van der Waals surface area contributed by atoms with Crippen LogP contribution in [-0.4, -0.2) is 16.9 Å². The lowest BCUT2D eigenvalue weighted by atomic mass is 9.99. The van der Waals surface area contributed by atoms with Crippen LogP contribution in [0.4, 0.5) is 13.2 Å². The summed E-state index contributed by atoms with van der Waals surface area (Å²) in [5.41, 5.74) is 0.536. The second-order valence-electron chi connectivity index (χ2n) is 4.97. The lowest BCUT2D eigenvalue weighted by molar-refractivity contribution is -0.138. The average molecular weight is 322 g/mol. The fraction of sp³-hybridized carbons (Fsp3) is 0.176. The van der Waals surface area contributed by atoms with Crippen LogP contribution in [0.3, 0.4) is 0 Å². The third-order valence-electron chi connectivity index (χ3n) is 3.30. The van der Waals surface area contributed by atoms with E-state index in [4.69, 9.17) is 5.11 Å². The lowest BCUT2D eigenvalue weighted by Crippen LogP contribution is -2.04. The van der Waals surface area contributed by atoms with Crippen molar-refractivity contribution in [3.63, 3.8) is 0 Å². The maximum Gasteiger partial charge on any atom is 0.416 e. The molecule has 2 rings (SSSR count). The van der Waals surface area contributed by atoms with E-state index in [1.807, 2.05) is 0 Å². The highest BCUT2D eigenvalue weighted by molar-refractivity contribution is 5.97. The molecule has 1 N–H and O–H groups in total. The van der Waals surface area contributed by atoms with Gasteiger partial charge in [0.15, 0.2) is 5.78 Å². The van der Waals surface area contributed by atoms with Crippen molar-refractivity contribution >= 4 is 11.8 Å². The number of alkyl halides is 3. The van der Waals surface area contributed by atoms with Crippen molar-refractivity contribution < 1.29 is 27.9 Å². The van der Waals surface area contributed by atoms with E-state index in [-0.39, 0.29) is 18.6 Å². The van der Waals surface area contributed by atoms with Gasteiger partial charge in [-0.2, -0.15) is 13.2 Å². The number of carbonyl (C=O) groups excluding carboxylic acids is 1. The molecule has 0 radical (unpaired) electrons. The highest BCUT2D eigenvalue weighted by Gasteiger charge is 2.30. The maximum atomic E-state index is 12.7. The van der Waals surface area contributed by atoms with E-state index in [1.165, 1.54) is 18.2 Å². The quantitative estimate of drug-likeness (QED) is 0.829. The van der Waals surface area contributed by atoms with E-state index in [0.717, 1.165) is 12.1 Å². The van der Waals surface area contributed by atoms with Crippen molar-refractivity contribution in [2.45, 2.75) is 19.0 Å². The molecular formula is C17H13F3O3. The molecule has 0 saturated carbocycles. The van der Waals surface area contributed by atoms with Gasteiger partial charge in [-0.05, 0) is 23.3 Å². The van der Waals surface area contributed by atoms with Crippen LogP contribution < -0.4 is 0 Å². The minimum atomic E-state index is -4.41. The first-order chi connectivity index (χ1) is 10.8. The molecule has 2 aromatic rings. The monoisotopic (exact) mass is 322 g/mol. The summed E-state index contributed by atoms with van der Waals surface area (Å²) in [6.45, 7) is 0. The van der Waals surface area contributed by atoms with Crippen molar-refractivity contribution in [3.05, 3.63) is 59.7 Å². The molecule has 6 heteroatoms. The second-order valence-corrected chi connectivity index (χ2v) is 4.97. The van der Waals surface area contributed by atoms with Gasteiger partial charge in [-0.3, -0.25) is 9.59 Å². The molecule has 0 aliphatic carbocycles. The van der Waals surface area contributed by atoms with Crippen molar-refractivity contribution in [3.8, 4) is 11.1 Å². The number of Topliss-reactive ketones (excluding diaryl/α,β-unsaturated/α-hetero) is 1. The predicted octanol–water partition coefficient (Wildman–Crippen LogP) is 4.42. The molecule has 2 aromatic carbocycles. The summed E-state index contributed by atoms with van der Waals surface area (Å²) in [7, 11) is 0. The summed E-state index contributed by atoms with van der Waals surface area (Å²) >= 11 is 0. The third kappa shape index (κ3) is 4.42. The Morgan fingerprint density at radius 2 is 1.57 bits per heavy atom. The number of benzene rings is 2. The highest BCUT2D eigenvalue weighted by atomic mass is 19.4. The Kier molecular flexibility index (Phi) is 4.83. The smallest absolute Gasteiger partial charge is 0.416 e. The summed E-state index contributed by atoms with van der Waals surface area (Å²) in [4.78, 5) is 22.2. The van der Waals surface area contributed by atoms with E-state index >= 15 is 0 Å². The van der Waals surface area contributed by atoms with Crippen LogP contribution in [0.1, 0.15) is 28.8 Å². The van der Waals surface area contributed by atoms with E-state index in [9.17, 15) is 22.8 Å². The van der Waals surface area contributed by atoms with Crippen molar-refractivity contribution in [2.24, 2.45) is 0 Å². The van der Waals surface area contributed by atoms with E-state index in [1.54, 1.807) is 18.2 Å². The Hall–Kier alpha value is -2.63. The normalized spacial score (nSPS) is 11.3. The van der Waals surface area contributed by atoms with Gasteiger partial charge in [-0.15, -0.1) is 0 Å². The van der Waals surface area contributed by atoms with Gasteiger partial charge in [-0.25, -0.2) is 0 Å². The lowest BCUT2D eigenvalue weighted by Gasteiger charge is -2.09. The predicted molar refractivity (Wildman–Crippen MR) is 78.1 cm³/mol. The first-order valence-corrected chi connectivity index (χ1v) is 6.80. The number of carboxylic acids is 1. The fourth-order valence-electron chi connectivity index (χ4n) is 2.09. The van der Waals surface area contributed by atoms with Crippen LogP contribution in [-0.2, 0) is 11.0 Å². The number of hydrogen-bond donors (Lipinski definition) is 1. The summed E-state index contributed by atoms with van der Waals surface area (Å²) in [6.07, 6.45) is -4.78. The average Bonchev–Trinajstić information content (AvgIpc) is 2.52. The van der Waals surface area contributed by atoms with Crippen LogP contribution in [0.2, 0.25) is 0 Å². The first-order valence-electron chi connectivity index (χ1n) is 6.80. The van der Waals surface area contributed by atoms with Crippen LogP contribution >= 0.6 is 0 Å². The van der Waals surface area contributed by atoms with Gasteiger partial charge in [0, 0.05) is 12.0 Å².